The largest absolute Gasteiger partial charge is 0.372 e. The number of rotatable bonds is 4. The highest BCUT2D eigenvalue weighted by Gasteiger charge is 2.14. The second kappa shape index (κ2) is 6.65. The van der Waals surface area contributed by atoms with Crippen LogP contribution in [0.5, 0.6) is 0 Å². The first-order valence-corrected chi connectivity index (χ1v) is 7.89. The fourth-order valence-corrected chi connectivity index (χ4v) is 2.90. The van der Waals surface area contributed by atoms with Crippen molar-refractivity contribution in [1.82, 2.24) is 0 Å². The van der Waals surface area contributed by atoms with Crippen LogP contribution in [0, 0.1) is 0 Å². The van der Waals surface area contributed by atoms with E-state index in [2.05, 4.69) is 17.0 Å². The van der Waals surface area contributed by atoms with Gasteiger partial charge in [0.1, 0.15) is 0 Å². The third-order valence-corrected chi connectivity index (χ3v) is 4.28. The Morgan fingerprint density at radius 3 is 2.27 bits per heavy atom. The average molecular weight is 294 g/mol. The van der Waals surface area contributed by atoms with E-state index in [0.717, 1.165) is 24.3 Å². The van der Waals surface area contributed by atoms with Gasteiger partial charge in [0.15, 0.2) is 0 Å². The number of likely N-dealkylation sites (N-methyl/N-ethyl adjacent to an activating group) is 1. The summed E-state index contributed by atoms with van der Waals surface area (Å²) in [5.74, 6) is 0.111. The molecule has 3 nitrogen and oxygen atoms in total. The van der Waals surface area contributed by atoms with Gasteiger partial charge in [-0.2, -0.15) is 0 Å². The highest BCUT2D eigenvalue weighted by atomic mass is 16.2. The van der Waals surface area contributed by atoms with Gasteiger partial charge in [-0.1, -0.05) is 30.3 Å². The molecular weight excluding hydrogens is 272 g/mol. The Morgan fingerprint density at radius 1 is 1.00 bits per heavy atom. The fraction of sp³-hybridized carbons (Fsp3) is 0.316. The van der Waals surface area contributed by atoms with Crippen LogP contribution >= 0.6 is 0 Å². The normalized spacial score (nSPS) is 14.1. The van der Waals surface area contributed by atoms with Crippen molar-refractivity contribution in [2.24, 2.45) is 0 Å². The number of carbonyl (C=O) groups excluding carboxylic acids is 1. The molecule has 22 heavy (non-hydrogen) atoms. The molecule has 2 aromatic carbocycles. The molecule has 0 N–H and O–H groups in total. The summed E-state index contributed by atoms with van der Waals surface area (Å²) in [6, 6.07) is 18.2. The van der Waals surface area contributed by atoms with E-state index in [1.807, 2.05) is 49.5 Å². The molecule has 0 radical (unpaired) electrons. The molecule has 0 unspecified atom stereocenters. The van der Waals surface area contributed by atoms with Gasteiger partial charge in [0.2, 0.25) is 5.91 Å². The molecule has 1 aliphatic heterocycles. The van der Waals surface area contributed by atoms with Gasteiger partial charge in [-0.15, -0.1) is 0 Å². The first kappa shape index (κ1) is 14.6. The maximum Gasteiger partial charge on any atom is 0.231 e. The Hall–Kier alpha value is -2.29. The molecule has 0 atom stereocenters. The van der Waals surface area contributed by atoms with Crippen molar-refractivity contribution in [2.45, 2.75) is 19.3 Å². The molecule has 0 aromatic heterocycles. The number of nitrogens with zero attached hydrogens (tertiary/aromatic N) is 2. The minimum atomic E-state index is 0.111. The van der Waals surface area contributed by atoms with Gasteiger partial charge in [0.25, 0.3) is 0 Å². The molecule has 114 valence electrons. The summed E-state index contributed by atoms with van der Waals surface area (Å²) in [7, 11) is 1.84. The SMILES string of the molecule is CN(C(=O)Cc1ccccc1)c1ccc(N2CCCC2)cc1. The minimum absolute atomic E-state index is 0.111. The Bertz CT molecular complexity index is 616. The van der Waals surface area contributed by atoms with Crippen molar-refractivity contribution in [2.75, 3.05) is 29.9 Å². The predicted molar refractivity (Wildman–Crippen MR) is 91.4 cm³/mol. The molecule has 0 bridgehead atoms. The van der Waals surface area contributed by atoms with Crippen molar-refractivity contribution >= 4 is 17.3 Å². The van der Waals surface area contributed by atoms with E-state index in [1.165, 1.54) is 18.5 Å². The Morgan fingerprint density at radius 2 is 1.64 bits per heavy atom. The minimum Gasteiger partial charge on any atom is -0.372 e. The fourth-order valence-electron chi connectivity index (χ4n) is 2.90. The first-order chi connectivity index (χ1) is 10.7. The van der Waals surface area contributed by atoms with Gasteiger partial charge in [-0.25, -0.2) is 0 Å². The predicted octanol–water partition coefficient (Wildman–Crippen LogP) is 3.49. The third kappa shape index (κ3) is 3.30. The molecule has 1 aliphatic rings. The van der Waals surface area contributed by atoms with Crippen LogP contribution in [-0.2, 0) is 11.2 Å². The Kier molecular flexibility index (Phi) is 4.42. The number of hydrogen-bond donors (Lipinski definition) is 0. The summed E-state index contributed by atoms with van der Waals surface area (Å²) < 4.78 is 0. The summed E-state index contributed by atoms with van der Waals surface area (Å²) in [5.41, 5.74) is 3.25. The molecule has 1 saturated heterocycles. The summed E-state index contributed by atoms with van der Waals surface area (Å²) in [4.78, 5) is 16.5. The maximum absolute atomic E-state index is 12.4. The molecule has 3 heteroatoms. The molecule has 1 heterocycles. The van der Waals surface area contributed by atoms with Crippen molar-refractivity contribution in [3.05, 3.63) is 60.2 Å². The Labute approximate surface area is 132 Å². The van der Waals surface area contributed by atoms with Crippen LogP contribution in [0.2, 0.25) is 0 Å². The van der Waals surface area contributed by atoms with Crippen molar-refractivity contribution in [3.63, 3.8) is 0 Å². The van der Waals surface area contributed by atoms with Crippen LogP contribution < -0.4 is 9.80 Å². The number of benzene rings is 2. The number of carbonyl (C=O) groups is 1. The number of anilines is 2. The molecule has 0 spiro atoms. The smallest absolute Gasteiger partial charge is 0.231 e. The van der Waals surface area contributed by atoms with Gasteiger partial charge in [-0.3, -0.25) is 4.79 Å². The van der Waals surface area contributed by atoms with E-state index in [1.54, 1.807) is 4.90 Å². The van der Waals surface area contributed by atoms with Crippen molar-refractivity contribution < 1.29 is 4.79 Å². The summed E-state index contributed by atoms with van der Waals surface area (Å²) in [6.45, 7) is 2.28. The third-order valence-electron chi connectivity index (χ3n) is 4.28. The zero-order chi connectivity index (χ0) is 15.4. The summed E-state index contributed by atoms with van der Waals surface area (Å²) in [6.07, 6.45) is 2.99. The second-order valence-electron chi connectivity index (χ2n) is 5.83. The van der Waals surface area contributed by atoms with Gasteiger partial charge < -0.3 is 9.80 Å². The summed E-state index contributed by atoms with van der Waals surface area (Å²) >= 11 is 0. The average Bonchev–Trinajstić information content (AvgIpc) is 3.10. The van der Waals surface area contributed by atoms with Crippen LogP contribution in [0.4, 0.5) is 11.4 Å². The second-order valence-corrected chi connectivity index (χ2v) is 5.83. The van der Waals surface area contributed by atoms with E-state index < -0.39 is 0 Å². The number of amides is 1. The van der Waals surface area contributed by atoms with Gasteiger partial charge in [-0.05, 0) is 42.7 Å². The van der Waals surface area contributed by atoms with E-state index in [9.17, 15) is 4.79 Å². The first-order valence-electron chi connectivity index (χ1n) is 7.89. The Balaban J connectivity index is 1.66. The lowest BCUT2D eigenvalue weighted by Crippen LogP contribution is -2.27. The molecule has 1 amide bonds. The van der Waals surface area contributed by atoms with Gasteiger partial charge in [0.05, 0.1) is 6.42 Å². The summed E-state index contributed by atoms with van der Waals surface area (Å²) in [5, 5.41) is 0. The zero-order valence-corrected chi connectivity index (χ0v) is 13.0. The molecule has 3 rings (SSSR count). The topological polar surface area (TPSA) is 23.6 Å². The van der Waals surface area contributed by atoms with Crippen LogP contribution in [0.3, 0.4) is 0 Å². The van der Waals surface area contributed by atoms with E-state index in [4.69, 9.17) is 0 Å². The molecule has 0 aliphatic carbocycles. The van der Waals surface area contributed by atoms with Crippen molar-refractivity contribution in [1.29, 1.82) is 0 Å². The van der Waals surface area contributed by atoms with Crippen LogP contribution in [0.1, 0.15) is 18.4 Å². The number of hydrogen-bond acceptors (Lipinski definition) is 2. The molecule has 2 aromatic rings. The molecular formula is C19H22N2O. The van der Waals surface area contributed by atoms with Crippen LogP contribution in [0.25, 0.3) is 0 Å². The standard InChI is InChI=1S/C19H22N2O/c1-20(19(22)15-16-7-3-2-4-8-16)17-9-11-18(12-10-17)21-13-5-6-14-21/h2-4,7-12H,5-6,13-15H2,1H3. The lowest BCUT2D eigenvalue weighted by molar-refractivity contribution is -0.117. The highest BCUT2D eigenvalue weighted by molar-refractivity contribution is 5.94. The van der Waals surface area contributed by atoms with Crippen LogP contribution in [-0.4, -0.2) is 26.0 Å². The van der Waals surface area contributed by atoms with Gasteiger partial charge >= 0.3 is 0 Å². The van der Waals surface area contributed by atoms with E-state index in [0.29, 0.717) is 6.42 Å². The quantitative estimate of drug-likeness (QED) is 0.861. The van der Waals surface area contributed by atoms with E-state index >= 15 is 0 Å². The zero-order valence-electron chi connectivity index (χ0n) is 13.0. The lowest BCUT2D eigenvalue weighted by atomic mass is 10.1. The maximum atomic E-state index is 12.4. The molecule has 0 saturated carbocycles. The van der Waals surface area contributed by atoms with E-state index in [-0.39, 0.29) is 5.91 Å². The van der Waals surface area contributed by atoms with Gasteiger partial charge in [0, 0.05) is 31.5 Å². The molecule has 1 fully saturated rings. The lowest BCUT2D eigenvalue weighted by Gasteiger charge is -2.21. The van der Waals surface area contributed by atoms with Crippen molar-refractivity contribution in [3.8, 4) is 0 Å². The highest BCUT2D eigenvalue weighted by Crippen LogP contribution is 2.23. The van der Waals surface area contributed by atoms with Crippen LogP contribution in [0.15, 0.2) is 54.6 Å². The monoisotopic (exact) mass is 294 g/mol.